The highest BCUT2D eigenvalue weighted by Gasteiger charge is 2.24. The Labute approximate surface area is 164 Å². The summed E-state index contributed by atoms with van der Waals surface area (Å²) in [5.74, 6) is 1.24. The van der Waals surface area contributed by atoms with Crippen molar-refractivity contribution in [3.8, 4) is 11.5 Å². The molecular formula is C21H28FN3O3+2. The van der Waals surface area contributed by atoms with Gasteiger partial charge >= 0.3 is 0 Å². The lowest BCUT2D eigenvalue weighted by Crippen LogP contribution is -3.28. The third kappa shape index (κ3) is 6.21. The molecule has 3 N–H and O–H groups in total. The highest BCUT2D eigenvalue weighted by atomic mass is 19.1. The summed E-state index contributed by atoms with van der Waals surface area (Å²) in [6.07, 6.45) is 0. The lowest BCUT2D eigenvalue weighted by atomic mass is 10.3. The smallest absolute Gasteiger partial charge is 0.279 e. The summed E-state index contributed by atoms with van der Waals surface area (Å²) in [6.45, 7) is 5.91. The van der Waals surface area contributed by atoms with Crippen LogP contribution in [-0.2, 0) is 4.79 Å². The number of carbonyl (C=O) groups excluding carboxylic acids is 1. The number of carbonyl (C=O) groups is 1. The summed E-state index contributed by atoms with van der Waals surface area (Å²) in [5.41, 5.74) is 0.504. The largest absolute Gasteiger partial charge is 0.497 e. The van der Waals surface area contributed by atoms with E-state index in [9.17, 15) is 9.18 Å². The van der Waals surface area contributed by atoms with E-state index in [0.29, 0.717) is 18.8 Å². The average molecular weight is 389 g/mol. The molecule has 6 nitrogen and oxygen atoms in total. The van der Waals surface area contributed by atoms with Crippen LogP contribution in [0.5, 0.6) is 11.5 Å². The van der Waals surface area contributed by atoms with E-state index in [4.69, 9.17) is 9.47 Å². The van der Waals surface area contributed by atoms with E-state index < -0.39 is 0 Å². The van der Waals surface area contributed by atoms with Gasteiger partial charge in [-0.2, -0.15) is 0 Å². The zero-order valence-electron chi connectivity index (χ0n) is 16.2. The summed E-state index contributed by atoms with van der Waals surface area (Å²) in [6, 6.07) is 13.6. The van der Waals surface area contributed by atoms with E-state index in [2.05, 4.69) is 5.32 Å². The summed E-state index contributed by atoms with van der Waals surface area (Å²) < 4.78 is 24.1. The fraction of sp³-hybridized carbons (Fsp3) is 0.381. The fourth-order valence-electron chi connectivity index (χ4n) is 3.37. The van der Waals surface area contributed by atoms with Crippen LogP contribution in [0, 0.1) is 5.82 Å². The van der Waals surface area contributed by atoms with Crippen molar-refractivity contribution in [2.45, 2.75) is 0 Å². The molecule has 1 amide bonds. The van der Waals surface area contributed by atoms with Crippen LogP contribution in [0.25, 0.3) is 0 Å². The Hall–Kier alpha value is -2.64. The van der Waals surface area contributed by atoms with Gasteiger partial charge in [0.1, 0.15) is 56.6 Å². The topological polar surface area (TPSA) is 56.4 Å². The van der Waals surface area contributed by atoms with Crippen LogP contribution in [0.1, 0.15) is 0 Å². The van der Waals surface area contributed by atoms with E-state index in [0.717, 1.165) is 44.2 Å². The lowest BCUT2D eigenvalue weighted by molar-refractivity contribution is -1.01. The van der Waals surface area contributed by atoms with Gasteiger partial charge in [-0.3, -0.25) is 4.79 Å². The van der Waals surface area contributed by atoms with Gasteiger partial charge in [-0.05, 0) is 42.5 Å². The first-order valence-electron chi connectivity index (χ1n) is 9.62. The SMILES string of the molecule is COc1ccc(OCC[NH+]2CC[NH+](CC(=O)Nc3cccc(F)c3)CC2)cc1. The number of amides is 1. The fourth-order valence-corrected chi connectivity index (χ4v) is 3.37. The first-order valence-corrected chi connectivity index (χ1v) is 9.62. The number of hydrogen-bond donors (Lipinski definition) is 3. The van der Waals surface area contributed by atoms with Crippen LogP contribution >= 0.6 is 0 Å². The number of piperazine rings is 1. The van der Waals surface area contributed by atoms with Crippen LogP contribution < -0.4 is 24.6 Å². The Morgan fingerprint density at radius 1 is 1.04 bits per heavy atom. The molecule has 2 aromatic rings. The van der Waals surface area contributed by atoms with Gasteiger partial charge in [-0.25, -0.2) is 4.39 Å². The first-order chi connectivity index (χ1) is 13.6. The maximum absolute atomic E-state index is 13.2. The number of methoxy groups -OCH3 is 1. The van der Waals surface area contributed by atoms with Crippen molar-refractivity contribution in [3.05, 3.63) is 54.3 Å². The summed E-state index contributed by atoms with van der Waals surface area (Å²) in [5, 5.41) is 2.77. The number of quaternary nitrogens is 2. The van der Waals surface area contributed by atoms with Gasteiger partial charge in [-0.15, -0.1) is 0 Å². The molecule has 1 heterocycles. The summed E-state index contributed by atoms with van der Waals surface area (Å²) >= 11 is 0. The lowest BCUT2D eigenvalue weighted by Gasteiger charge is -2.29. The molecule has 150 valence electrons. The average Bonchev–Trinajstić information content (AvgIpc) is 2.70. The predicted molar refractivity (Wildman–Crippen MR) is 105 cm³/mol. The molecular weight excluding hydrogens is 361 g/mol. The molecule has 2 aromatic carbocycles. The molecule has 1 saturated heterocycles. The van der Waals surface area contributed by atoms with E-state index in [-0.39, 0.29) is 11.7 Å². The minimum Gasteiger partial charge on any atom is -0.497 e. The molecule has 0 aromatic heterocycles. The Morgan fingerprint density at radius 3 is 2.39 bits per heavy atom. The number of halogens is 1. The summed E-state index contributed by atoms with van der Waals surface area (Å²) in [7, 11) is 1.64. The third-order valence-electron chi connectivity index (χ3n) is 4.97. The van der Waals surface area contributed by atoms with Crippen LogP contribution in [0.3, 0.4) is 0 Å². The number of rotatable bonds is 8. The molecule has 0 spiro atoms. The highest BCUT2D eigenvalue weighted by molar-refractivity contribution is 5.91. The molecule has 1 aliphatic rings. The monoisotopic (exact) mass is 389 g/mol. The van der Waals surface area contributed by atoms with E-state index >= 15 is 0 Å². The number of anilines is 1. The number of benzene rings is 2. The highest BCUT2D eigenvalue weighted by Crippen LogP contribution is 2.16. The number of ether oxygens (including phenoxy) is 2. The molecule has 1 fully saturated rings. The molecule has 0 bridgehead atoms. The van der Waals surface area contributed by atoms with Crippen molar-refractivity contribution in [2.75, 3.05) is 58.3 Å². The van der Waals surface area contributed by atoms with E-state index in [1.54, 1.807) is 19.2 Å². The maximum atomic E-state index is 13.2. The van der Waals surface area contributed by atoms with Crippen molar-refractivity contribution < 1.29 is 28.5 Å². The molecule has 3 rings (SSSR count). The quantitative estimate of drug-likeness (QED) is 0.578. The van der Waals surface area contributed by atoms with Gasteiger partial charge in [0.25, 0.3) is 5.91 Å². The maximum Gasteiger partial charge on any atom is 0.279 e. The second-order valence-corrected chi connectivity index (χ2v) is 7.01. The van der Waals surface area contributed by atoms with Crippen LogP contribution in [0.2, 0.25) is 0 Å². The minimum absolute atomic E-state index is 0.0770. The number of hydrogen-bond acceptors (Lipinski definition) is 3. The van der Waals surface area contributed by atoms with Crippen LogP contribution in [-0.4, -0.2) is 58.9 Å². The standard InChI is InChI=1S/C21H26FN3O3/c1-27-19-5-7-20(8-6-19)28-14-13-24-9-11-25(12-10-24)16-21(26)23-18-4-2-3-17(22)15-18/h2-8,15H,9-14,16H2,1H3,(H,23,26)/p+2. The minimum atomic E-state index is -0.348. The Kier molecular flexibility index (Phi) is 7.22. The van der Waals surface area contributed by atoms with Crippen molar-refractivity contribution in [2.24, 2.45) is 0 Å². The third-order valence-corrected chi connectivity index (χ3v) is 4.97. The molecule has 0 unspecified atom stereocenters. The van der Waals surface area contributed by atoms with Crippen molar-refractivity contribution in [1.29, 1.82) is 0 Å². The Morgan fingerprint density at radius 2 is 1.71 bits per heavy atom. The molecule has 7 heteroatoms. The Balaban J connectivity index is 1.33. The molecule has 0 radical (unpaired) electrons. The zero-order chi connectivity index (χ0) is 19.8. The van der Waals surface area contributed by atoms with Crippen LogP contribution in [0.4, 0.5) is 10.1 Å². The first kappa shape index (κ1) is 20.1. The second kappa shape index (κ2) is 10.1. The van der Waals surface area contributed by atoms with E-state index in [1.807, 2.05) is 24.3 Å². The van der Waals surface area contributed by atoms with Gasteiger partial charge in [0.05, 0.1) is 7.11 Å². The number of nitrogens with one attached hydrogen (secondary N) is 3. The summed E-state index contributed by atoms with van der Waals surface area (Å²) in [4.78, 5) is 14.9. The normalized spacial score (nSPS) is 19.1. The molecule has 0 aliphatic carbocycles. The molecule has 1 aliphatic heterocycles. The van der Waals surface area contributed by atoms with Gasteiger partial charge in [0.15, 0.2) is 6.54 Å². The van der Waals surface area contributed by atoms with Gasteiger partial charge in [-0.1, -0.05) is 6.07 Å². The second-order valence-electron chi connectivity index (χ2n) is 7.01. The van der Waals surface area contributed by atoms with E-state index in [1.165, 1.54) is 21.9 Å². The Bertz CT molecular complexity index is 762. The van der Waals surface area contributed by atoms with Crippen molar-refractivity contribution >= 4 is 11.6 Å². The predicted octanol–water partition coefficient (Wildman–Crippen LogP) is -0.365. The van der Waals surface area contributed by atoms with Crippen molar-refractivity contribution in [3.63, 3.8) is 0 Å². The molecule has 28 heavy (non-hydrogen) atoms. The van der Waals surface area contributed by atoms with Gasteiger partial charge in [0.2, 0.25) is 0 Å². The van der Waals surface area contributed by atoms with Gasteiger partial charge in [0, 0.05) is 5.69 Å². The molecule has 0 saturated carbocycles. The zero-order valence-corrected chi connectivity index (χ0v) is 16.2. The van der Waals surface area contributed by atoms with Gasteiger partial charge < -0.3 is 24.6 Å². The molecule has 0 atom stereocenters. The van der Waals surface area contributed by atoms with Crippen molar-refractivity contribution in [1.82, 2.24) is 0 Å². The van der Waals surface area contributed by atoms with Crippen LogP contribution in [0.15, 0.2) is 48.5 Å².